The largest absolute Gasteiger partial charge is 0.627 e. The Morgan fingerprint density at radius 1 is 0.882 bits per heavy atom. The first-order chi connectivity index (χ1) is 16.5. The maximum Gasteiger partial charge on any atom is 0.282 e. The van der Waals surface area contributed by atoms with Gasteiger partial charge in [-0.3, -0.25) is 9.59 Å². The molecular weight excluding hydrogens is 433 g/mol. The lowest BCUT2D eigenvalue weighted by Crippen LogP contribution is -2.58. The van der Waals surface area contributed by atoms with Crippen molar-refractivity contribution in [1.82, 2.24) is 14.4 Å². The second-order valence-electron chi connectivity index (χ2n) is 9.91. The fraction of sp³-hybridized carbons (Fsp3) is 0.481. The van der Waals surface area contributed by atoms with Crippen LogP contribution in [0.1, 0.15) is 43.2 Å². The van der Waals surface area contributed by atoms with E-state index in [1.54, 1.807) is 17.0 Å². The highest BCUT2D eigenvalue weighted by Crippen LogP contribution is 2.41. The SMILES string of the molecule is O=C(C1CCN(C(=O)C2Cc3ccccc3[N+]2([O-])Cc2ccc(F)cc2)CC1)N1CCCCC1. The van der Waals surface area contributed by atoms with Gasteiger partial charge >= 0.3 is 0 Å². The van der Waals surface area contributed by atoms with Crippen LogP contribution in [-0.2, 0) is 22.6 Å². The van der Waals surface area contributed by atoms with Crippen LogP contribution in [0.25, 0.3) is 0 Å². The summed E-state index contributed by atoms with van der Waals surface area (Å²) >= 11 is 0. The zero-order valence-corrected chi connectivity index (χ0v) is 19.5. The van der Waals surface area contributed by atoms with E-state index in [4.69, 9.17) is 0 Å². The first-order valence-electron chi connectivity index (χ1n) is 12.4. The van der Waals surface area contributed by atoms with E-state index < -0.39 is 10.7 Å². The molecule has 7 heteroatoms. The number of hydrogen-bond acceptors (Lipinski definition) is 3. The van der Waals surface area contributed by atoms with E-state index in [2.05, 4.69) is 0 Å². The summed E-state index contributed by atoms with van der Waals surface area (Å²) in [5.74, 6) is -0.297. The van der Waals surface area contributed by atoms with Gasteiger partial charge in [0.2, 0.25) is 5.91 Å². The zero-order valence-electron chi connectivity index (χ0n) is 19.5. The van der Waals surface area contributed by atoms with Crippen molar-refractivity contribution < 1.29 is 14.0 Å². The number of likely N-dealkylation sites (tertiary alicyclic amines) is 2. The zero-order chi connectivity index (χ0) is 23.7. The molecule has 3 heterocycles. The molecule has 0 aromatic heterocycles. The molecule has 3 aliphatic rings. The van der Waals surface area contributed by atoms with Crippen LogP contribution in [0.4, 0.5) is 10.1 Å². The van der Waals surface area contributed by atoms with Crippen molar-refractivity contribution in [2.75, 3.05) is 26.2 Å². The van der Waals surface area contributed by atoms with Gasteiger partial charge in [0.25, 0.3) is 5.91 Å². The van der Waals surface area contributed by atoms with Crippen LogP contribution in [0.3, 0.4) is 0 Å². The van der Waals surface area contributed by atoms with Gasteiger partial charge in [0, 0.05) is 49.6 Å². The molecule has 2 saturated heterocycles. The lowest BCUT2D eigenvalue weighted by atomic mass is 9.93. The molecule has 0 spiro atoms. The van der Waals surface area contributed by atoms with Crippen LogP contribution < -0.4 is 4.65 Å². The van der Waals surface area contributed by atoms with Gasteiger partial charge in [0.1, 0.15) is 18.0 Å². The molecule has 0 N–H and O–H groups in total. The third-order valence-electron chi connectivity index (χ3n) is 7.76. The number of hydrogen-bond donors (Lipinski definition) is 0. The Hall–Kier alpha value is -2.77. The average Bonchev–Trinajstić information content (AvgIpc) is 3.17. The molecule has 2 atom stereocenters. The molecule has 0 saturated carbocycles. The van der Waals surface area contributed by atoms with Gasteiger partial charge in [-0.25, -0.2) is 4.39 Å². The van der Waals surface area contributed by atoms with Crippen molar-refractivity contribution in [3.05, 3.63) is 70.7 Å². The highest BCUT2D eigenvalue weighted by atomic mass is 19.1. The summed E-state index contributed by atoms with van der Waals surface area (Å²) in [4.78, 5) is 30.3. The van der Waals surface area contributed by atoms with Crippen LogP contribution in [0, 0.1) is 16.9 Å². The van der Waals surface area contributed by atoms with E-state index in [1.807, 2.05) is 29.2 Å². The number of quaternary nitrogens is 1. The summed E-state index contributed by atoms with van der Waals surface area (Å²) in [5.41, 5.74) is 2.21. The van der Waals surface area contributed by atoms with Crippen molar-refractivity contribution in [2.24, 2.45) is 5.92 Å². The van der Waals surface area contributed by atoms with Gasteiger partial charge in [0.05, 0.1) is 0 Å². The smallest absolute Gasteiger partial charge is 0.282 e. The monoisotopic (exact) mass is 465 g/mol. The predicted octanol–water partition coefficient (Wildman–Crippen LogP) is 4.01. The van der Waals surface area contributed by atoms with E-state index in [0.29, 0.717) is 43.6 Å². The fourth-order valence-electron chi connectivity index (χ4n) is 5.83. The second kappa shape index (κ2) is 9.47. The first kappa shape index (κ1) is 23.0. The fourth-order valence-corrected chi connectivity index (χ4v) is 5.83. The van der Waals surface area contributed by atoms with Gasteiger partial charge in [-0.2, -0.15) is 0 Å². The number of piperidine rings is 2. The number of nitrogens with zero attached hydrogens (tertiary/aromatic N) is 3. The Bertz CT molecular complexity index is 1050. The van der Waals surface area contributed by atoms with Crippen molar-refractivity contribution in [2.45, 2.75) is 51.1 Å². The lowest BCUT2D eigenvalue weighted by molar-refractivity contribution is -0.143. The number of carbonyl (C=O) groups is 2. The highest BCUT2D eigenvalue weighted by Gasteiger charge is 2.47. The summed E-state index contributed by atoms with van der Waals surface area (Å²) in [7, 11) is 0. The van der Waals surface area contributed by atoms with E-state index >= 15 is 0 Å². The number of hydroxylamine groups is 2. The average molecular weight is 466 g/mol. The number of rotatable bonds is 4. The molecule has 2 amide bonds. The lowest BCUT2D eigenvalue weighted by Gasteiger charge is -2.45. The van der Waals surface area contributed by atoms with Gasteiger partial charge in [-0.1, -0.05) is 30.3 Å². The second-order valence-corrected chi connectivity index (χ2v) is 9.91. The number of amides is 2. The summed E-state index contributed by atoms with van der Waals surface area (Å²) in [5, 5.41) is 14.3. The normalized spacial score (nSPS) is 25.3. The first-order valence-corrected chi connectivity index (χ1v) is 12.4. The maximum absolute atomic E-state index is 14.3. The van der Waals surface area contributed by atoms with Gasteiger partial charge in [-0.05, 0) is 50.3 Å². The van der Waals surface area contributed by atoms with Gasteiger partial charge in [-0.15, -0.1) is 0 Å². The van der Waals surface area contributed by atoms with Gasteiger partial charge in [0.15, 0.2) is 6.04 Å². The standard InChI is InChI=1S/C27H32FN3O3/c28-23-10-8-20(9-11-23)19-31(34)24-7-3-2-6-22(24)18-25(31)27(33)30-16-12-21(13-17-30)26(32)29-14-4-1-5-15-29/h2-3,6-11,21,25H,1,4-5,12-19H2. The molecule has 180 valence electrons. The van der Waals surface area contributed by atoms with E-state index in [9.17, 15) is 19.2 Å². The molecule has 2 aromatic rings. The molecule has 2 unspecified atom stereocenters. The van der Waals surface area contributed by atoms with Crippen molar-refractivity contribution >= 4 is 17.5 Å². The number of benzene rings is 2. The van der Waals surface area contributed by atoms with Crippen LogP contribution >= 0.6 is 0 Å². The molecule has 2 fully saturated rings. The molecule has 5 rings (SSSR count). The third-order valence-corrected chi connectivity index (χ3v) is 7.76. The Morgan fingerprint density at radius 3 is 2.24 bits per heavy atom. The van der Waals surface area contributed by atoms with Crippen molar-refractivity contribution in [3.63, 3.8) is 0 Å². The minimum absolute atomic E-state index is 0.0337. The number of para-hydroxylation sites is 1. The van der Waals surface area contributed by atoms with Crippen molar-refractivity contribution in [1.29, 1.82) is 0 Å². The molecule has 2 aromatic carbocycles. The molecule has 0 radical (unpaired) electrons. The van der Waals surface area contributed by atoms with Crippen LogP contribution in [0.15, 0.2) is 48.5 Å². The van der Waals surface area contributed by atoms with Gasteiger partial charge < -0.3 is 19.7 Å². The quantitative estimate of drug-likeness (QED) is 0.506. The molecule has 0 bridgehead atoms. The minimum atomic E-state index is -0.767. The van der Waals surface area contributed by atoms with Crippen LogP contribution in [0.2, 0.25) is 0 Å². The Morgan fingerprint density at radius 2 is 1.53 bits per heavy atom. The summed E-state index contributed by atoms with van der Waals surface area (Å²) in [6.45, 7) is 2.78. The Balaban J connectivity index is 1.30. The summed E-state index contributed by atoms with van der Waals surface area (Å²) in [6.07, 6.45) is 5.03. The Labute approximate surface area is 200 Å². The molecule has 3 aliphatic heterocycles. The summed E-state index contributed by atoms with van der Waals surface area (Å²) in [6, 6.07) is 12.6. The predicted molar refractivity (Wildman–Crippen MR) is 129 cm³/mol. The topological polar surface area (TPSA) is 63.7 Å². The van der Waals surface area contributed by atoms with E-state index in [1.165, 1.54) is 18.6 Å². The Kier molecular flexibility index (Phi) is 6.40. The minimum Gasteiger partial charge on any atom is -0.627 e. The third kappa shape index (κ3) is 4.34. The van der Waals surface area contributed by atoms with E-state index in [0.717, 1.165) is 31.5 Å². The summed E-state index contributed by atoms with van der Waals surface area (Å²) < 4.78 is 12.7. The molecule has 34 heavy (non-hydrogen) atoms. The van der Waals surface area contributed by atoms with Crippen LogP contribution in [-0.4, -0.2) is 53.8 Å². The number of fused-ring (bicyclic) bond motifs is 1. The molecule has 6 nitrogen and oxygen atoms in total. The number of halogens is 1. The number of carbonyl (C=O) groups excluding carboxylic acids is 2. The van der Waals surface area contributed by atoms with E-state index in [-0.39, 0.29) is 30.1 Å². The van der Waals surface area contributed by atoms with Crippen LogP contribution in [0.5, 0.6) is 0 Å². The van der Waals surface area contributed by atoms with Crippen molar-refractivity contribution in [3.8, 4) is 0 Å². The maximum atomic E-state index is 14.3. The molecule has 0 aliphatic carbocycles. The highest BCUT2D eigenvalue weighted by molar-refractivity contribution is 5.87. The molecular formula is C27H32FN3O3.